The maximum Gasteiger partial charge on any atom is 0.339 e. The van der Waals surface area contributed by atoms with Gasteiger partial charge >= 0.3 is 5.97 Å². The number of benzene rings is 1. The van der Waals surface area contributed by atoms with Gasteiger partial charge in [0.1, 0.15) is 5.56 Å². The van der Waals surface area contributed by atoms with Crippen molar-refractivity contribution in [2.75, 3.05) is 7.11 Å². The summed E-state index contributed by atoms with van der Waals surface area (Å²) in [5, 5.41) is 17.4. The minimum absolute atomic E-state index is 0.486. The zero-order valence-electron chi connectivity index (χ0n) is 7.04. The molecule has 0 heterocycles. The lowest BCUT2D eigenvalue weighted by molar-refractivity contribution is 0.0692. The van der Waals surface area contributed by atoms with Crippen molar-refractivity contribution in [3.8, 4) is 11.5 Å². The number of aromatic hydroxyl groups is 1. The van der Waals surface area contributed by atoms with Crippen LogP contribution >= 0.6 is 0 Å². The van der Waals surface area contributed by atoms with Gasteiger partial charge in [0, 0.05) is 0 Å². The van der Waals surface area contributed by atoms with Crippen molar-refractivity contribution in [1.82, 2.24) is 0 Å². The van der Waals surface area contributed by atoms with Gasteiger partial charge in [-0.15, -0.1) is 0 Å². The van der Waals surface area contributed by atoms with Crippen LogP contribution in [-0.4, -0.2) is 23.3 Å². The molecule has 0 aliphatic heterocycles. The standard InChI is InChI=1S/C8H6F2O4/c1-14-7-4(9)2-3(8(12)13)6(11)5(7)10/h2,11H,1H3,(H,12,13). The average Bonchev–Trinajstić information content (AvgIpc) is 2.12. The lowest BCUT2D eigenvalue weighted by Gasteiger charge is -2.06. The van der Waals surface area contributed by atoms with E-state index in [9.17, 15) is 13.6 Å². The molecule has 14 heavy (non-hydrogen) atoms. The highest BCUT2D eigenvalue weighted by molar-refractivity contribution is 5.91. The molecule has 0 saturated carbocycles. The largest absolute Gasteiger partial charge is 0.504 e. The van der Waals surface area contributed by atoms with E-state index >= 15 is 0 Å². The minimum atomic E-state index is -1.62. The van der Waals surface area contributed by atoms with Gasteiger partial charge in [-0.05, 0) is 6.07 Å². The van der Waals surface area contributed by atoms with Crippen LogP contribution in [0.25, 0.3) is 0 Å². The van der Waals surface area contributed by atoms with Gasteiger partial charge in [-0.3, -0.25) is 0 Å². The molecular formula is C8H6F2O4. The molecule has 0 aliphatic rings. The van der Waals surface area contributed by atoms with Crippen molar-refractivity contribution in [2.45, 2.75) is 0 Å². The molecule has 0 bridgehead atoms. The molecule has 0 amide bonds. The van der Waals surface area contributed by atoms with Gasteiger partial charge in [-0.1, -0.05) is 0 Å². The minimum Gasteiger partial charge on any atom is -0.504 e. The maximum absolute atomic E-state index is 13.0. The Labute approximate surface area is 77.4 Å². The lowest BCUT2D eigenvalue weighted by Crippen LogP contribution is -2.02. The first kappa shape index (κ1) is 10.2. The SMILES string of the molecule is COc1c(F)cc(C(=O)O)c(O)c1F. The highest BCUT2D eigenvalue weighted by atomic mass is 19.1. The third-order valence-electron chi connectivity index (χ3n) is 1.58. The van der Waals surface area contributed by atoms with E-state index in [1.807, 2.05) is 0 Å². The summed E-state index contributed by atoms with van der Waals surface area (Å²) in [4.78, 5) is 10.4. The summed E-state index contributed by atoms with van der Waals surface area (Å²) in [6.07, 6.45) is 0. The number of hydrogen-bond donors (Lipinski definition) is 2. The molecule has 0 aromatic heterocycles. The zero-order chi connectivity index (χ0) is 10.9. The van der Waals surface area contributed by atoms with Crippen LogP contribution in [0, 0.1) is 11.6 Å². The maximum atomic E-state index is 13.0. The summed E-state index contributed by atoms with van der Waals surface area (Å²) in [5.74, 6) is -6.18. The zero-order valence-corrected chi connectivity index (χ0v) is 7.04. The van der Waals surface area contributed by atoms with Crippen molar-refractivity contribution in [3.63, 3.8) is 0 Å². The summed E-state index contributed by atoms with van der Waals surface area (Å²) >= 11 is 0. The normalized spacial score (nSPS) is 9.93. The van der Waals surface area contributed by atoms with Crippen LogP contribution in [0.15, 0.2) is 6.07 Å². The highest BCUT2D eigenvalue weighted by Gasteiger charge is 2.22. The van der Waals surface area contributed by atoms with Crippen molar-refractivity contribution < 1.29 is 28.5 Å². The van der Waals surface area contributed by atoms with Crippen molar-refractivity contribution >= 4 is 5.97 Å². The number of rotatable bonds is 2. The van der Waals surface area contributed by atoms with Crippen molar-refractivity contribution in [2.24, 2.45) is 0 Å². The Morgan fingerprint density at radius 1 is 1.50 bits per heavy atom. The molecule has 0 aliphatic carbocycles. The Hall–Kier alpha value is -1.85. The summed E-state index contributed by atoms with van der Waals surface area (Å²) in [7, 11) is 1.00. The molecule has 0 saturated heterocycles. The third kappa shape index (κ3) is 1.46. The second kappa shape index (κ2) is 3.49. The fourth-order valence-electron chi connectivity index (χ4n) is 0.941. The number of carboxylic acid groups (broad SMARTS) is 1. The van der Waals surface area contributed by atoms with Gasteiger partial charge in [0.2, 0.25) is 5.82 Å². The average molecular weight is 204 g/mol. The lowest BCUT2D eigenvalue weighted by atomic mass is 10.1. The van der Waals surface area contributed by atoms with E-state index < -0.39 is 34.7 Å². The molecule has 0 fully saturated rings. The summed E-state index contributed by atoms with van der Waals surface area (Å²) in [6, 6.07) is 0.486. The quantitative estimate of drug-likeness (QED) is 0.763. The van der Waals surface area contributed by atoms with Gasteiger partial charge in [0.05, 0.1) is 7.11 Å². The molecule has 0 spiro atoms. The number of methoxy groups -OCH3 is 1. The second-order valence-corrected chi connectivity index (χ2v) is 2.41. The molecule has 4 nitrogen and oxygen atoms in total. The first-order valence-electron chi connectivity index (χ1n) is 3.47. The molecule has 0 unspecified atom stereocenters. The van der Waals surface area contributed by atoms with Crippen LogP contribution in [-0.2, 0) is 0 Å². The Morgan fingerprint density at radius 3 is 2.50 bits per heavy atom. The first-order valence-corrected chi connectivity index (χ1v) is 3.47. The monoisotopic (exact) mass is 204 g/mol. The highest BCUT2D eigenvalue weighted by Crippen LogP contribution is 2.31. The molecule has 0 atom stereocenters. The van der Waals surface area contributed by atoms with E-state index in [1.54, 1.807) is 0 Å². The summed E-state index contributed by atoms with van der Waals surface area (Å²) in [6.45, 7) is 0. The van der Waals surface area contributed by atoms with Crippen LogP contribution in [0.1, 0.15) is 10.4 Å². The Bertz CT molecular complexity index is 389. The van der Waals surface area contributed by atoms with E-state index in [-0.39, 0.29) is 0 Å². The van der Waals surface area contributed by atoms with Crippen LogP contribution in [0.4, 0.5) is 8.78 Å². The second-order valence-electron chi connectivity index (χ2n) is 2.41. The van der Waals surface area contributed by atoms with Crippen molar-refractivity contribution in [1.29, 1.82) is 0 Å². The fourth-order valence-corrected chi connectivity index (χ4v) is 0.941. The molecule has 1 rings (SSSR count). The molecular weight excluding hydrogens is 198 g/mol. The van der Waals surface area contributed by atoms with Gasteiger partial charge < -0.3 is 14.9 Å². The van der Waals surface area contributed by atoms with E-state index in [4.69, 9.17) is 10.2 Å². The number of phenols is 1. The molecule has 0 radical (unpaired) electrons. The van der Waals surface area contributed by atoms with Gasteiger partial charge in [-0.25, -0.2) is 9.18 Å². The number of hydrogen-bond acceptors (Lipinski definition) is 3. The summed E-state index contributed by atoms with van der Waals surface area (Å²) in [5.41, 5.74) is -0.846. The Balaban J connectivity index is 3.47. The molecule has 6 heteroatoms. The van der Waals surface area contributed by atoms with Crippen LogP contribution in [0.3, 0.4) is 0 Å². The topological polar surface area (TPSA) is 66.8 Å². The van der Waals surface area contributed by atoms with Crippen LogP contribution in [0.5, 0.6) is 11.5 Å². The smallest absolute Gasteiger partial charge is 0.339 e. The van der Waals surface area contributed by atoms with E-state index in [2.05, 4.69) is 4.74 Å². The summed E-state index contributed by atoms with van der Waals surface area (Å²) < 4.78 is 30.2. The molecule has 1 aromatic carbocycles. The third-order valence-corrected chi connectivity index (χ3v) is 1.58. The van der Waals surface area contributed by atoms with E-state index in [0.29, 0.717) is 6.07 Å². The Kier molecular flexibility index (Phi) is 2.55. The number of carboxylic acids is 1. The van der Waals surface area contributed by atoms with Gasteiger partial charge in [0.15, 0.2) is 17.3 Å². The number of aromatic carboxylic acids is 1. The fraction of sp³-hybridized carbons (Fsp3) is 0.125. The predicted molar refractivity (Wildman–Crippen MR) is 41.5 cm³/mol. The molecule has 76 valence electrons. The number of ether oxygens (including phenoxy) is 1. The van der Waals surface area contributed by atoms with E-state index in [1.165, 1.54) is 0 Å². The van der Waals surface area contributed by atoms with E-state index in [0.717, 1.165) is 7.11 Å². The van der Waals surface area contributed by atoms with Gasteiger partial charge in [0.25, 0.3) is 0 Å². The van der Waals surface area contributed by atoms with Crippen LogP contribution < -0.4 is 4.74 Å². The van der Waals surface area contributed by atoms with Crippen molar-refractivity contribution in [3.05, 3.63) is 23.3 Å². The van der Waals surface area contributed by atoms with Crippen LogP contribution in [0.2, 0.25) is 0 Å². The predicted octanol–water partition coefficient (Wildman–Crippen LogP) is 1.38. The molecule has 2 N–H and O–H groups in total. The van der Waals surface area contributed by atoms with Gasteiger partial charge in [-0.2, -0.15) is 4.39 Å². The molecule has 1 aromatic rings. The number of carbonyl (C=O) groups is 1. The number of halogens is 2. The first-order chi connectivity index (χ1) is 6.49. The Morgan fingerprint density at radius 2 is 2.07 bits per heavy atom.